The fraction of sp³-hybridized carbons (Fsp3) is 0.625. The summed E-state index contributed by atoms with van der Waals surface area (Å²) < 4.78 is 5.51. The summed E-state index contributed by atoms with van der Waals surface area (Å²) in [5, 5.41) is 7.07. The molecular formula is C16H26N2O. The van der Waals surface area contributed by atoms with Gasteiger partial charge in [0.1, 0.15) is 5.75 Å². The Kier molecular flexibility index (Phi) is 5.23. The quantitative estimate of drug-likeness (QED) is 0.773. The zero-order valence-corrected chi connectivity index (χ0v) is 12.4. The van der Waals surface area contributed by atoms with Crippen LogP contribution in [-0.2, 0) is 6.54 Å². The van der Waals surface area contributed by atoms with Crippen LogP contribution in [0.4, 0.5) is 0 Å². The van der Waals surface area contributed by atoms with Crippen molar-refractivity contribution in [1.29, 1.82) is 0 Å². The molecule has 1 aromatic rings. The second-order valence-corrected chi connectivity index (χ2v) is 5.53. The van der Waals surface area contributed by atoms with E-state index in [-0.39, 0.29) is 0 Å². The molecule has 2 N–H and O–H groups in total. The molecule has 2 rings (SSSR count). The molecule has 1 saturated heterocycles. The number of rotatable bonds is 6. The number of hydrogen-bond donors (Lipinski definition) is 2. The average molecular weight is 262 g/mol. The normalized spacial score (nSPS) is 18.8. The summed E-state index contributed by atoms with van der Waals surface area (Å²) in [6, 6.07) is 5.10. The minimum atomic E-state index is 0.716. The Balaban J connectivity index is 1.84. The second-order valence-electron chi connectivity index (χ2n) is 5.53. The summed E-state index contributed by atoms with van der Waals surface area (Å²) in [4.78, 5) is 0. The molecule has 3 heteroatoms. The number of benzene rings is 1. The summed E-state index contributed by atoms with van der Waals surface area (Å²) in [5.74, 6) is 1.03. The molecule has 0 bridgehead atoms. The van der Waals surface area contributed by atoms with Gasteiger partial charge in [-0.05, 0) is 51.8 Å². The van der Waals surface area contributed by atoms with Crippen LogP contribution in [0.1, 0.15) is 36.0 Å². The van der Waals surface area contributed by atoms with Gasteiger partial charge in [0.15, 0.2) is 0 Å². The first-order valence-corrected chi connectivity index (χ1v) is 7.29. The lowest BCUT2D eigenvalue weighted by Crippen LogP contribution is -2.27. The Hall–Kier alpha value is -1.06. The monoisotopic (exact) mass is 262 g/mol. The maximum Gasteiger partial charge on any atom is 0.126 e. The first kappa shape index (κ1) is 14.4. The highest BCUT2D eigenvalue weighted by Gasteiger charge is 2.13. The Labute approximate surface area is 116 Å². The number of hydrogen-bond acceptors (Lipinski definition) is 3. The molecule has 0 aromatic heterocycles. The van der Waals surface area contributed by atoms with Gasteiger partial charge in [-0.3, -0.25) is 0 Å². The lowest BCUT2D eigenvalue weighted by Gasteiger charge is -2.15. The van der Waals surface area contributed by atoms with Gasteiger partial charge < -0.3 is 15.4 Å². The van der Waals surface area contributed by atoms with Crippen LogP contribution in [0.2, 0.25) is 0 Å². The van der Waals surface area contributed by atoms with Crippen LogP contribution in [0.3, 0.4) is 0 Å². The van der Waals surface area contributed by atoms with Crippen molar-refractivity contribution in [3.63, 3.8) is 0 Å². The van der Waals surface area contributed by atoms with Gasteiger partial charge in [-0.1, -0.05) is 17.7 Å². The molecule has 1 aliphatic rings. The fourth-order valence-corrected chi connectivity index (χ4v) is 2.97. The van der Waals surface area contributed by atoms with Crippen molar-refractivity contribution in [1.82, 2.24) is 10.6 Å². The predicted molar refractivity (Wildman–Crippen MR) is 79.8 cm³/mol. The van der Waals surface area contributed by atoms with Gasteiger partial charge in [-0.25, -0.2) is 0 Å². The molecule has 0 saturated carbocycles. The Morgan fingerprint density at radius 3 is 2.89 bits per heavy atom. The van der Waals surface area contributed by atoms with Crippen molar-refractivity contribution >= 4 is 0 Å². The topological polar surface area (TPSA) is 33.3 Å². The van der Waals surface area contributed by atoms with E-state index in [1.54, 1.807) is 7.11 Å². The van der Waals surface area contributed by atoms with Gasteiger partial charge in [0.05, 0.1) is 7.11 Å². The van der Waals surface area contributed by atoms with E-state index in [0.29, 0.717) is 6.04 Å². The van der Waals surface area contributed by atoms with Crippen LogP contribution in [0.5, 0.6) is 5.75 Å². The number of aryl methyl sites for hydroxylation is 2. The smallest absolute Gasteiger partial charge is 0.126 e. The highest BCUT2D eigenvalue weighted by atomic mass is 16.5. The van der Waals surface area contributed by atoms with Gasteiger partial charge in [-0.2, -0.15) is 0 Å². The van der Waals surface area contributed by atoms with Crippen molar-refractivity contribution in [2.45, 2.75) is 45.7 Å². The Morgan fingerprint density at radius 1 is 1.37 bits per heavy atom. The Bertz CT molecular complexity index is 411. The third-order valence-corrected chi connectivity index (χ3v) is 3.85. The molecular weight excluding hydrogens is 236 g/mol. The first-order chi connectivity index (χ1) is 9.20. The van der Waals surface area contributed by atoms with E-state index in [9.17, 15) is 0 Å². The SMILES string of the molecule is COc1c(C)cc(C)cc1CNCCC1CCCN1. The summed E-state index contributed by atoms with van der Waals surface area (Å²) in [6.45, 7) is 7.39. The first-order valence-electron chi connectivity index (χ1n) is 7.29. The molecule has 106 valence electrons. The summed E-state index contributed by atoms with van der Waals surface area (Å²) in [7, 11) is 1.75. The molecule has 0 spiro atoms. The van der Waals surface area contributed by atoms with Crippen LogP contribution in [0, 0.1) is 13.8 Å². The van der Waals surface area contributed by atoms with Crippen LogP contribution in [0.25, 0.3) is 0 Å². The third kappa shape index (κ3) is 3.95. The van der Waals surface area contributed by atoms with Crippen molar-refractivity contribution < 1.29 is 4.74 Å². The number of methoxy groups -OCH3 is 1. The molecule has 1 heterocycles. The van der Waals surface area contributed by atoms with Crippen LogP contribution in [0.15, 0.2) is 12.1 Å². The minimum Gasteiger partial charge on any atom is -0.496 e. The van der Waals surface area contributed by atoms with Gasteiger partial charge in [0.2, 0.25) is 0 Å². The zero-order valence-electron chi connectivity index (χ0n) is 12.4. The van der Waals surface area contributed by atoms with Crippen molar-refractivity contribution in [3.8, 4) is 5.75 Å². The molecule has 3 nitrogen and oxygen atoms in total. The molecule has 1 aliphatic heterocycles. The van der Waals surface area contributed by atoms with E-state index in [1.807, 2.05) is 0 Å². The third-order valence-electron chi connectivity index (χ3n) is 3.85. The molecule has 19 heavy (non-hydrogen) atoms. The lowest BCUT2D eigenvalue weighted by molar-refractivity contribution is 0.404. The van der Waals surface area contributed by atoms with E-state index in [1.165, 1.54) is 42.5 Å². The summed E-state index contributed by atoms with van der Waals surface area (Å²) >= 11 is 0. The fourth-order valence-electron chi connectivity index (χ4n) is 2.97. The molecule has 0 aliphatic carbocycles. The van der Waals surface area contributed by atoms with E-state index >= 15 is 0 Å². The van der Waals surface area contributed by atoms with Crippen molar-refractivity contribution in [2.75, 3.05) is 20.2 Å². The molecule has 0 radical (unpaired) electrons. The summed E-state index contributed by atoms with van der Waals surface area (Å²) in [5.41, 5.74) is 3.78. The predicted octanol–water partition coefficient (Wildman–Crippen LogP) is 2.54. The molecule has 1 atom stereocenters. The minimum absolute atomic E-state index is 0.716. The standard InChI is InChI=1S/C16H26N2O/c1-12-9-13(2)16(19-3)14(10-12)11-17-8-6-15-5-4-7-18-15/h9-10,15,17-18H,4-8,11H2,1-3H3. The van der Waals surface area contributed by atoms with Crippen LogP contribution < -0.4 is 15.4 Å². The average Bonchev–Trinajstić information content (AvgIpc) is 2.87. The van der Waals surface area contributed by atoms with E-state index in [4.69, 9.17) is 4.74 Å². The van der Waals surface area contributed by atoms with Crippen molar-refractivity contribution in [2.24, 2.45) is 0 Å². The van der Waals surface area contributed by atoms with E-state index in [0.717, 1.165) is 18.8 Å². The maximum absolute atomic E-state index is 5.51. The zero-order chi connectivity index (χ0) is 13.7. The number of nitrogens with one attached hydrogen (secondary N) is 2. The van der Waals surface area contributed by atoms with E-state index in [2.05, 4.69) is 36.6 Å². The van der Waals surface area contributed by atoms with Crippen LogP contribution >= 0.6 is 0 Å². The van der Waals surface area contributed by atoms with Gasteiger partial charge >= 0.3 is 0 Å². The molecule has 1 unspecified atom stereocenters. The summed E-state index contributed by atoms with van der Waals surface area (Å²) in [6.07, 6.45) is 3.87. The number of ether oxygens (including phenoxy) is 1. The molecule has 0 amide bonds. The highest BCUT2D eigenvalue weighted by molar-refractivity contribution is 5.43. The lowest BCUT2D eigenvalue weighted by atomic mass is 10.1. The van der Waals surface area contributed by atoms with Crippen molar-refractivity contribution in [3.05, 3.63) is 28.8 Å². The highest BCUT2D eigenvalue weighted by Crippen LogP contribution is 2.24. The van der Waals surface area contributed by atoms with Gasteiger partial charge in [0, 0.05) is 18.2 Å². The van der Waals surface area contributed by atoms with E-state index < -0.39 is 0 Å². The van der Waals surface area contributed by atoms with Gasteiger partial charge in [-0.15, -0.1) is 0 Å². The Morgan fingerprint density at radius 2 is 2.21 bits per heavy atom. The second kappa shape index (κ2) is 6.92. The molecule has 1 aromatic carbocycles. The van der Waals surface area contributed by atoms with Gasteiger partial charge in [0.25, 0.3) is 0 Å². The maximum atomic E-state index is 5.51. The largest absolute Gasteiger partial charge is 0.496 e. The van der Waals surface area contributed by atoms with Crippen LogP contribution in [-0.4, -0.2) is 26.2 Å². The molecule has 1 fully saturated rings.